The summed E-state index contributed by atoms with van der Waals surface area (Å²) in [5, 5.41) is 14.2. The number of para-hydroxylation sites is 2. The maximum absolute atomic E-state index is 13.6. The van der Waals surface area contributed by atoms with E-state index in [9.17, 15) is 4.79 Å². The topological polar surface area (TPSA) is 79.7 Å². The van der Waals surface area contributed by atoms with Crippen LogP contribution in [0.25, 0.3) is 10.9 Å². The van der Waals surface area contributed by atoms with Crippen molar-refractivity contribution in [3.63, 3.8) is 0 Å². The SMILES string of the molecule is Cc1cccc2cc([C@H](c3nnnn3C3CCCCC3)N3c4ccccc4C[C@@H]3C)c(=O)[nH]c12. The quantitative estimate of drug-likeness (QED) is 0.476. The van der Waals surface area contributed by atoms with Crippen molar-refractivity contribution in [3.05, 3.63) is 81.4 Å². The molecule has 7 heteroatoms. The highest BCUT2D eigenvalue weighted by atomic mass is 16.1. The lowest BCUT2D eigenvalue weighted by Crippen LogP contribution is -2.39. The zero-order chi connectivity index (χ0) is 23.2. The fourth-order valence-electron chi connectivity index (χ4n) is 5.97. The van der Waals surface area contributed by atoms with Gasteiger partial charge in [0, 0.05) is 17.3 Å². The van der Waals surface area contributed by atoms with Crippen LogP contribution >= 0.6 is 0 Å². The third-order valence-electron chi connectivity index (χ3n) is 7.63. The van der Waals surface area contributed by atoms with Crippen molar-refractivity contribution < 1.29 is 0 Å². The summed E-state index contributed by atoms with van der Waals surface area (Å²) in [5.41, 5.74) is 5.00. The molecule has 3 heterocycles. The number of aryl methyl sites for hydroxylation is 1. The Morgan fingerprint density at radius 2 is 1.88 bits per heavy atom. The van der Waals surface area contributed by atoms with E-state index in [0.717, 1.165) is 47.2 Å². The van der Waals surface area contributed by atoms with E-state index in [1.165, 1.54) is 24.8 Å². The maximum Gasteiger partial charge on any atom is 0.254 e. The van der Waals surface area contributed by atoms with Gasteiger partial charge in [0.1, 0.15) is 6.04 Å². The molecular weight excluding hydrogens is 424 g/mol. The lowest BCUT2D eigenvalue weighted by Gasteiger charge is -2.34. The van der Waals surface area contributed by atoms with Gasteiger partial charge in [-0.05, 0) is 72.2 Å². The van der Waals surface area contributed by atoms with E-state index >= 15 is 0 Å². The average Bonchev–Trinajstić information content (AvgIpc) is 3.46. The number of pyridine rings is 1. The lowest BCUT2D eigenvalue weighted by molar-refractivity contribution is 0.312. The molecule has 0 radical (unpaired) electrons. The zero-order valence-electron chi connectivity index (χ0n) is 19.7. The number of nitrogens with one attached hydrogen (secondary N) is 1. The van der Waals surface area contributed by atoms with Crippen molar-refractivity contribution in [2.45, 2.75) is 70.5 Å². The Morgan fingerprint density at radius 3 is 2.74 bits per heavy atom. The molecule has 1 N–H and O–H groups in total. The van der Waals surface area contributed by atoms with Gasteiger partial charge >= 0.3 is 0 Å². The van der Waals surface area contributed by atoms with Crippen LogP contribution in [0, 0.1) is 6.92 Å². The van der Waals surface area contributed by atoms with Gasteiger partial charge in [-0.2, -0.15) is 0 Å². The first-order valence-electron chi connectivity index (χ1n) is 12.4. The Morgan fingerprint density at radius 1 is 1.06 bits per heavy atom. The van der Waals surface area contributed by atoms with E-state index < -0.39 is 0 Å². The fraction of sp³-hybridized carbons (Fsp3) is 0.407. The summed E-state index contributed by atoms with van der Waals surface area (Å²) in [6, 6.07) is 16.8. The summed E-state index contributed by atoms with van der Waals surface area (Å²) in [7, 11) is 0. The highest BCUT2D eigenvalue weighted by molar-refractivity contribution is 5.82. The summed E-state index contributed by atoms with van der Waals surface area (Å²) < 4.78 is 2.01. The molecule has 7 nitrogen and oxygen atoms in total. The molecule has 6 rings (SSSR count). The number of hydrogen-bond donors (Lipinski definition) is 1. The molecule has 0 bridgehead atoms. The second kappa shape index (κ2) is 8.38. The van der Waals surface area contributed by atoms with Crippen LogP contribution in [-0.2, 0) is 6.42 Å². The third kappa shape index (κ3) is 3.42. The molecule has 34 heavy (non-hydrogen) atoms. The molecule has 1 aliphatic heterocycles. The van der Waals surface area contributed by atoms with Crippen LogP contribution in [0.4, 0.5) is 5.69 Å². The summed E-state index contributed by atoms with van der Waals surface area (Å²) in [5.74, 6) is 0.757. The summed E-state index contributed by atoms with van der Waals surface area (Å²) in [6.07, 6.45) is 6.72. The second-order valence-electron chi connectivity index (χ2n) is 9.86. The molecule has 2 atom stereocenters. The maximum atomic E-state index is 13.6. The minimum absolute atomic E-state index is 0.0819. The predicted molar refractivity (Wildman–Crippen MR) is 133 cm³/mol. The molecule has 1 aliphatic carbocycles. The van der Waals surface area contributed by atoms with E-state index in [1.54, 1.807) is 0 Å². The number of aromatic nitrogens is 5. The minimum atomic E-state index is -0.371. The lowest BCUT2D eigenvalue weighted by atomic mass is 9.95. The minimum Gasteiger partial charge on any atom is -0.354 e. The van der Waals surface area contributed by atoms with Crippen LogP contribution in [0.15, 0.2) is 53.3 Å². The van der Waals surface area contributed by atoms with E-state index in [2.05, 4.69) is 62.7 Å². The van der Waals surface area contributed by atoms with Crippen molar-refractivity contribution >= 4 is 16.6 Å². The van der Waals surface area contributed by atoms with E-state index in [0.29, 0.717) is 5.56 Å². The van der Waals surface area contributed by atoms with Gasteiger partial charge in [-0.25, -0.2) is 4.68 Å². The summed E-state index contributed by atoms with van der Waals surface area (Å²) in [4.78, 5) is 19.1. The van der Waals surface area contributed by atoms with Crippen molar-refractivity contribution in [2.24, 2.45) is 0 Å². The molecule has 2 aromatic carbocycles. The number of anilines is 1. The van der Waals surface area contributed by atoms with Crippen LogP contribution in [-0.4, -0.2) is 31.2 Å². The van der Waals surface area contributed by atoms with Gasteiger partial charge < -0.3 is 9.88 Å². The summed E-state index contributed by atoms with van der Waals surface area (Å²) >= 11 is 0. The zero-order valence-corrected chi connectivity index (χ0v) is 19.7. The molecule has 0 unspecified atom stereocenters. The Balaban J connectivity index is 1.57. The number of benzene rings is 2. The fourth-order valence-corrected chi connectivity index (χ4v) is 5.97. The first-order valence-corrected chi connectivity index (χ1v) is 12.4. The smallest absolute Gasteiger partial charge is 0.254 e. The molecule has 0 spiro atoms. The van der Waals surface area contributed by atoms with E-state index in [-0.39, 0.29) is 23.7 Å². The van der Waals surface area contributed by atoms with Gasteiger partial charge in [-0.3, -0.25) is 4.79 Å². The normalized spacial score (nSPS) is 19.5. The van der Waals surface area contributed by atoms with Crippen LogP contribution < -0.4 is 10.5 Å². The molecule has 2 aliphatic rings. The first kappa shape index (κ1) is 21.1. The Hall–Kier alpha value is -3.48. The Labute approximate surface area is 198 Å². The number of rotatable bonds is 4. The van der Waals surface area contributed by atoms with Gasteiger partial charge in [-0.1, -0.05) is 55.7 Å². The van der Waals surface area contributed by atoms with Gasteiger partial charge in [0.25, 0.3) is 5.56 Å². The number of fused-ring (bicyclic) bond motifs is 2. The Kier molecular flexibility index (Phi) is 5.20. The summed E-state index contributed by atoms with van der Waals surface area (Å²) in [6.45, 7) is 4.25. The van der Waals surface area contributed by atoms with E-state index in [4.69, 9.17) is 0 Å². The monoisotopic (exact) mass is 454 g/mol. The standard InChI is InChI=1S/C27H30N6O/c1-17-9-8-11-20-16-22(27(34)28-24(17)20)25(32-18(2)15-19-10-6-7-14-23(19)32)26-29-30-31-33(26)21-12-4-3-5-13-21/h6-11,14,16,18,21,25H,3-5,12-13,15H2,1-2H3,(H,28,34)/t18-,25+/m0/s1. The van der Waals surface area contributed by atoms with Crippen molar-refractivity contribution in [1.29, 1.82) is 0 Å². The molecular formula is C27H30N6O. The largest absolute Gasteiger partial charge is 0.354 e. The molecule has 4 aromatic rings. The highest BCUT2D eigenvalue weighted by Gasteiger charge is 2.38. The van der Waals surface area contributed by atoms with Crippen molar-refractivity contribution in [2.75, 3.05) is 4.90 Å². The average molecular weight is 455 g/mol. The molecule has 0 amide bonds. The molecule has 0 saturated heterocycles. The Bertz CT molecular complexity index is 1400. The van der Waals surface area contributed by atoms with E-state index in [1.807, 2.05) is 29.8 Å². The second-order valence-corrected chi connectivity index (χ2v) is 9.86. The number of aromatic amines is 1. The molecule has 174 valence electrons. The van der Waals surface area contributed by atoms with Gasteiger partial charge in [0.15, 0.2) is 5.82 Å². The van der Waals surface area contributed by atoms with Gasteiger partial charge in [-0.15, -0.1) is 5.10 Å². The van der Waals surface area contributed by atoms with Gasteiger partial charge in [0.2, 0.25) is 0 Å². The number of tetrazole rings is 1. The molecule has 1 fully saturated rings. The first-order chi connectivity index (χ1) is 16.6. The van der Waals surface area contributed by atoms with Crippen LogP contribution in [0.2, 0.25) is 0 Å². The number of hydrogen-bond acceptors (Lipinski definition) is 5. The molecule has 2 aromatic heterocycles. The highest BCUT2D eigenvalue weighted by Crippen LogP contribution is 2.41. The molecule has 1 saturated carbocycles. The van der Waals surface area contributed by atoms with Crippen LogP contribution in [0.1, 0.15) is 73.6 Å². The van der Waals surface area contributed by atoms with Crippen LogP contribution in [0.5, 0.6) is 0 Å². The van der Waals surface area contributed by atoms with Crippen molar-refractivity contribution in [3.8, 4) is 0 Å². The van der Waals surface area contributed by atoms with Crippen LogP contribution in [0.3, 0.4) is 0 Å². The van der Waals surface area contributed by atoms with Crippen molar-refractivity contribution in [1.82, 2.24) is 25.2 Å². The number of H-pyrrole nitrogens is 1. The third-order valence-corrected chi connectivity index (χ3v) is 7.63. The van der Waals surface area contributed by atoms with Gasteiger partial charge in [0.05, 0.1) is 11.6 Å². The number of nitrogens with zero attached hydrogens (tertiary/aromatic N) is 5. The predicted octanol–water partition coefficient (Wildman–Crippen LogP) is 4.87.